The average molecular weight is 350 g/mol. The van der Waals surface area contributed by atoms with Crippen LogP contribution >= 0.6 is 0 Å². The zero-order valence-electron chi connectivity index (χ0n) is 15.9. The molecule has 3 rings (SSSR count). The molecular formula is C20H31NO2S. The van der Waals surface area contributed by atoms with Crippen LogP contribution in [-0.2, 0) is 15.4 Å². The molecule has 0 amide bonds. The predicted octanol–water partition coefficient (Wildman–Crippen LogP) is 4.57. The highest BCUT2D eigenvalue weighted by Crippen LogP contribution is 2.53. The van der Waals surface area contributed by atoms with Gasteiger partial charge in [0.25, 0.3) is 0 Å². The Morgan fingerprint density at radius 2 is 1.62 bits per heavy atom. The fourth-order valence-corrected chi connectivity index (χ4v) is 6.73. The Balaban J connectivity index is 1.92. The normalized spacial score (nSPS) is 30.5. The van der Waals surface area contributed by atoms with Crippen molar-refractivity contribution in [3.05, 3.63) is 29.8 Å². The highest BCUT2D eigenvalue weighted by atomic mass is 32.2. The van der Waals surface area contributed by atoms with Gasteiger partial charge in [0.1, 0.15) is 0 Å². The summed E-state index contributed by atoms with van der Waals surface area (Å²) in [6.07, 6.45) is 3.06. The molecule has 4 heteroatoms. The molecule has 1 heterocycles. The molecule has 0 unspecified atom stereocenters. The van der Waals surface area contributed by atoms with E-state index < -0.39 is 10.0 Å². The molecule has 2 atom stereocenters. The Hall–Kier alpha value is -0.870. The molecule has 0 spiro atoms. The van der Waals surface area contributed by atoms with Gasteiger partial charge in [0.2, 0.25) is 10.0 Å². The Kier molecular flexibility index (Phi) is 3.97. The minimum atomic E-state index is -3.41. The Morgan fingerprint density at radius 3 is 2.17 bits per heavy atom. The summed E-state index contributed by atoms with van der Waals surface area (Å²) in [5.41, 5.74) is 1.53. The molecular weight excluding hydrogens is 318 g/mol. The van der Waals surface area contributed by atoms with Crippen LogP contribution in [-0.4, -0.2) is 25.3 Å². The van der Waals surface area contributed by atoms with Gasteiger partial charge in [-0.1, -0.05) is 53.7 Å². The first-order valence-corrected chi connectivity index (χ1v) is 10.4. The maximum atomic E-state index is 13.2. The standard InChI is InChI=1S/C20H31NO2S/c1-18(2,3)15-7-9-17(10-8-15)24(22,23)21-14-20(6)12-16(21)11-19(4,5)13-20/h7-10,16H,11-14H2,1-6H3/t16-,20+/m1/s1. The Morgan fingerprint density at radius 1 is 1.04 bits per heavy atom. The van der Waals surface area contributed by atoms with Crippen molar-refractivity contribution in [2.45, 2.75) is 77.2 Å². The van der Waals surface area contributed by atoms with E-state index in [1.165, 1.54) is 0 Å². The lowest BCUT2D eigenvalue weighted by Crippen LogP contribution is -2.37. The Labute approximate surface area is 147 Å². The highest BCUT2D eigenvalue weighted by Gasteiger charge is 2.53. The molecule has 0 N–H and O–H groups in total. The van der Waals surface area contributed by atoms with Crippen molar-refractivity contribution in [3.8, 4) is 0 Å². The molecule has 1 saturated heterocycles. The molecule has 2 bridgehead atoms. The van der Waals surface area contributed by atoms with E-state index in [0.717, 1.165) is 24.8 Å². The molecule has 1 saturated carbocycles. The van der Waals surface area contributed by atoms with Crippen molar-refractivity contribution in [2.75, 3.05) is 6.54 Å². The molecule has 3 nitrogen and oxygen atoms in total. The second-order valence-electron chi connectivity index (χ2n) is 10.0. The maximum absolute atomic E-state index is 13.2. The third-order valence-electron chi connectivity index (χ3n) is 5.69. The number of hydrogen-bond acceptors (Lipinski definition) is 2. The number of hydrogen-bond donors (Lipinski definition) is 0. The van der Waals surface area contributed by atoms with Gasteiger partial charge in [0, 0.05) is 12.6 Å². The van der Waals surface area contributed by atoms with Crippen molar-refractivity contribution in [2.24, 2.45) is 10.8 Å². The third-order valence-corrected chi connectivity index (χ3v) is 7.61. The highest BCUT2D eigenvalue weighted by molar-refractivity contribution is 7.89. The monoisotopic (exact) mass is 349 g/mol. The van der Waals surface area contributed by atoms with Gasteiger partial charge in [-0.3, -0.25) is 0 Å². The zero-order valence-corrected chi connectivity index (χ0v) is 16.7. The van der Waals surface area contributed by atoms with Gasteiger partial charge >= 0.3 is 0 Å². The van der Waals surface area contributed by atoms with E-state index in [4.69, 9.17) is 0 Å². The summed E-state index contributed by atoms with van der Waals surface area (Å²) in [5.74, 6) is 0. The summed E-state index contributed by atoms with van der Waals surface area (Å²) in [6.45, 7) is 13.9. The number of fused-ring (bicyclic) bond motifs is 2. The first-order chi connectivity index (χ1) is 10.8. The van der Waals surface area contributed by atoms with Gasteiger partial charge in [-0.2, -0.15) is 4.31 Å². The summed E-state index contributed by atoms with van der Waals surface area (Å²) < 4.78 is 28.2. The fraction of sp³-hybridized carbons (Fsp3) is 0.700. The number of nitrogens with zero attached hydrogens (tertiary/aromatic N) is 1. The van der Waals surface area contributed by atoms with Crippen LogP contribution < -0.4 is 0 Å². The molecule has 134 valence electrons. The second kappa shape index (κ2) is 5.31. The summed E-state index contributed by atoms with van der Waals surface area (Å²) >= 11 is 0. The van der Waals surface area contributed by atoms with E-state index in [9.17, 15) is 8.42 Å². The minimum Gasteiger partial charge on any atom is -0.207 e. The predicted molar refractivity (Wildman–Crippen MR) is 98.6 cm³/mol. The molecule has 2 fully saturated rings. The summed E-state index contributed by atoms with van der Waals surface area (Å²) in [6, 6.07) is 7.63. The van der Waals surface area contributed by atoms with Crippen LogP contribution in [0.5, 0.6) is 0 Å². The average Bonchev–Trinajstić information content (AvgIpc) is 2.67. The van der Waals surface area contributed by atoms with Gasteiger partial charge < -0.3 is 0 Å². The largest absolute Gasteiger partial charge is 0.243 e. The fourth-order valence-electron chi connectivity index (χ4n) is 4.95. The van der Waals surface area contributed by atoms with Crippen LogP contribution in [0.3, 0.4) is 0 Å². The minimum absolute atomic E-state index is 0.0317. The first kappa shape index (κ1) is 17.9. The molecule has 0 radical (unpaired) electrons. The van der Waals surface area contributed by atoms with E-state index in [-0.39, 0.29) is 22.3 Å². The van der Waals surface area contributed by atoms with Crippen LogP contribution in [0.2, 0.25) is 0 Å². The van der Waals surface area contributed by atoms with Gasteiger partial charge in [-0.25, -0.2) is 8.42 Å². The number of sulfonamides is 1. The van der Waals surface area contributed by atoms with Crippen molar-refractivity contribution >= 4 is 10.0 Å². The van der Waals surface area contributed by atoms with Gasteiger partial charge in [0.15, 0.2) is 0 Å². The molecule has 1 aromatic carbocycles. The quantitative estimate of drug-likeness (QED) is 0.784. The molecule has 24 heavy (non-hydrogen) atoms. The van der Waals surface area contributed by atoms with E-state index in [1.807, 2.05) is 12.1 Å². The summed E-state index contributed by atoms with van der Waals surface area (Å²) in [4.78, 5) is 0.435. The lowest BCUT2D eigenvalue weighted by molar-refractivity contribution is 0.133. The van der Waals surface area contributed by atoms with E-state index >= 15 is 0 Å². The zero-order chi connectivity index (χ0) is 18.0. The van der Waals surface area contributed by atoms with E-state index in [2.05, 4.69) is 41.5 Å². The van der Waals surface area contributed by atoms with Gasteiger partial charge in [-0.05, 0) is 53.2 Å². The number of rotatable bonds is 2. The molecule has 1 aliphatic carbocycles. The van der Waals surface area contributed by atoms with E-state index in [1.54, 1.807) is 16.4 Å². The molecule has 1 aliphatic heterocycles. The van der Waals surface area contributed by atoms with Crippen molar-refractivity contribution in [3.63, 3.8) is 0 Å². The smallest absolute Gasteiger partial charge is 0.207 e. The van der Waals surface area contributed by atoms with Crippen LogP contribution in [0.4, 0.5) is 0 Å². The topological polar surface area (TPSA) is 37.4 Å². The lowest BCUT2D eigenvalue weighted by atomic mass is 9.65. The summed E-state index contributed by atoms with van der Waals surface area (Å²) in [5, 5.41) is 0. The second-order valence-corrected chi connectivity index (χ2v) is 11.9. The molecule has 0 aromatic heterocycles. The van der Waals surface area contributed by atoms with Crippen LogP contribution in [0, 0.1) is 10.8 Å². The van der Waals surface area contributed by atoms with Crippen molar-refractivity contribution in [1.29, 1.82) is 0 Å². The molecule has 2 aliphatic rings. The molecule has 1 aromatic rings. The third kappa shape index (κ3) is 3.15. The first-order valence-electron chi connectivity index (χ1n) is 8.95. The Bertz CT molecular complexity index is 728. The van der Waals surface area contributed by atoms with Crippen LogP contribution in [0.1, 0.15) is 66.4 Å². The number of benzene rings is 1. The summed E-state index contributed by atoms with van der Waals surface area (Å²) in [7, 11) is -3.41. The van der Waals surface area contributed by atoms with Gasteiger partial charge in [-0.15, -0.1) is 0 Å². The van der Waals surface area contributed by atoms with Gasteiger partial charge in [0.05, 0.1) is 4.90 Å². The lowest BCUT2D eigenvalue weighted by Gasteiger charge is -2.39. The van der Waals surface area contributed by atoms with E-state index in [0.29, 0.717) is 11.4 Å². The SMILES string of the molecule is CC1(C)C[C@@H]2C[C@](C)(CN2S(=O)(=O)c2ccc(C(C)(C)C)cc2)C1. The maximum Gasteiger partial charge on any atom is 0.243 e. The van der Waals surface area contributed by atoms with Crippen LogP contribution in [0.15, 0.2) is 29.2 Å². The van der Waals surface area contributed by atoms with Crippen molar-refractivity contribution in [1.82, 2.24) is 4.31 Å². The van der Waals surface area contributed by atoms with Crippen molar-refractivity contribution < 1.29 is 8.42 Å². The van der Waals surface area contributed by atoms with Crippen LogP contribution in [0.25, 0.3) is 0 Å².